The molecule has 1 aromatic heterocycles. The molecule has 9 nitrogen and oxygen atoms in total. The van der Waals surface area contributed by atoms with Gasteiger partial charge in [-0.15, -0.1) is 0 Å². The van der Waals surface area contributed by atoms with Crippen LogP contribution in [0.2, 0.25) is 0 Å². The summed E-state index contributed by atoms with van der Waals surface area (Å²) >= 11 is 0. The summed E-state index contributed by atoms with van der Waals surface area (Å²) in [6, 6.07) is 11.3. The van der Waals surface area contributed by atoms with Crippen LogP contribution in [0.3, 0.4) is 0 Å². The highest BCUT2D eigenvalue weighted by atomic mass is 16.5. The van der Waals surface area contributed by atoms with Crippen molar-refractivity contribution in [1.82, 2.24) is 0 Å². The molecule has 0 saturated heterocycles. The molecule has 0 bridgehead atoms. The largest absolute Gasteiger partial charge is 0.493 e. The molecule has 0 radical (unpaired) electrons. The lowest BCUT2D eigenvalue weighted by molar-refractivity contribution is -0.119. The van der Waals surface area contributed by atoms with Gasteiger partial charge in [0.1, 0.15) is 0 Å². The molecule has 172 valence electrons. The summed E-state index contributed by atoms with van der Waals surface area (Å²) in [7, 11) is 2.83. The monoisotopic (exact) mass is 452 g/mol. The summed E-state index contributed by atoms with van der Waals surface area (Å²) in [4.78, 5) is 37.6. The van der Waals surface area contributed by atoms with Crippen molar-refractivity contribution in [2.24, 2.45) is 0 Å². The van der Waals surface area contributed by atoms with Gasteiger partial charge in [-0.2, -0.15) is 0 Å². The van der Waals surface area contributed by atoms with Crippen LogP contribution in [0.4, 0.5) is 11.4 Å². The Morgan fingerprint density at radius 1 is 0.909 bits per heavy atom. The third kappa shape index (κ3) is 5.51. The number of hydrogen-bond acceptors (Lipinski definition) is 7. The second-order valence-corrected chi connectivity index (χ2v) is 7.06. The number of methoxy groups -OCH3 is 2. The summed E-state index contributed by atoms with van der Waals surface area (Å²) in [6.45, 7) is 3.29. The number of carbonyl (C=O) groups excluding carboxylic acids is 3. The average molecular weight is 452 g/mol. The Morgan fingerprint density at radius 3 is 2.30 bits per heavy atom. The first-order chi connectivity index (χ1) is 15.8. The van der Waals surface area contributed by atoms with Crippen LogP contribution in [0.25, 0.3) is 0 Å². The van der Waals surface area contributed by atoms with E-state index in [0.29, 0.717) is 5.69 Å². The fourth-order valence-electron chi connectivity index (χ4n) is 3.02. The molecule has 0 saturated carbocycles. The number of benzene rings is 2. The third-order valence-electron chi connectivity index (χ3n) is 4.95. The van der Waals surface area contributed by atoms with Crippen LogP contribution in [0.5, 0.6) is 11.5 Å². The Kier molecular flexibility index (Phi) is 7.34. The van der Waals surface area contributed by atoms with Gasteiger partial charge >= 0.3 is 5.97 Å². The van der Waals surface area contributed by atoms with E-state index in [9.17, 15) is 14.4 Å². The number of furan rings is 1. The van der Waals surface area contributed by atoms with Gasteiger partial charge in [0, 0.05) is 17.8 Å². The minimum Gasteiger partial charge on any atom is -0.493 e. The van der Waals surface area contributed by atoms with E-state index < -0.39 is 24.4 Å². The molecule has 0 aliphatic carbocycles. The summed E-state index contributed by atoms with van der Waals surface area (Å²) in [5, 5.41) is 5.31. The molecular formula is C24H24N2O7. The topological polar surface area (TPSA) is 116 Å². The molecule has 0 atom stereocenters. The zero-order chi connectivity index (χ0) is 24.0. The maximum absolute atomic E-state index is 12.8. The maximum Gasteiger partial charge on any atom is 0.340 e. The fraction of sp³-hybridized carbons (Fsp3) is 0.208. The highest BCUT2D eigenvalue weighted by molar-refractivity contribution is 6.07. The minimum atomic E-state index is -0.832. The zero-order valence-corrected chi connectivity index (χ0v) is 18.7. The number of ether oxygens (including phenoxy) is 3. The molecule has 2 aromatic carbocycles. The van der Waals surface area contributed by atoms with E-state index in [0.717, 1.165) is 11.1 Å². The van der Waals surface area contributed by atoms with E-state index >= 15 is 0 Å². The molecule has 0 fully saturated rings. The molecule has 1 heterocycles. The van der Waals surface area contributed by atoms with Crippen molar-refractivity contribution < 1.29 is 33.0 Å². The predicted octanol–water partition coefficient (Wildman–Crippen LogP) is 3.96. The lowest BCUT2D eigenvalue weighted by Crippen LogP contribution is -2.22. The van der Waals surface area contributed by atoms with Gasteiger partial charge in [0.05, 0.1) is 31.7 Å². The Balaban J connectivity index is 1.78. The van der Waals surface area contributed by atoms with Crippen LogP contribution in [-0.4, -0.2) is 38.6 Å². The molecule has 0 aliphatic heterocycles. The van der Waals surface area contributed by atoms with Gasteiger partial charge in [-0.1, -0.05) is 12.1 Å². The van der Waals surface area contributed by atoms with Crippen LogP contribution >= 0.6 is 0 Å². The standard InChI is InChI=1S/C24H24N2O7/c1-14-7-5-8-17(15(14)2)25-22(27)13-33-24(29)16-11-20(30-3)21(31-4)12-18(16)26-23(28)19-9-6-10-32-19/h5-12H,13H2,1-4H3,(H,25,27)(H,26,28). The summed E-state index contributed by atoms with van der Waals surface area (Å²) in [5.41, 5.74) is 2.65. The van der Waals surface area contributed by atoms with Crippen LogP contribution in [0.15, 0.2) is 53.1 Å². The molecule has 2 N–H and O–H groups in total. The van der Waals surface area contributed by atoms with Crippen LogP contribution in [0, 0.1) is 13.8 Å². The highest BCUT2D eigenvalue weighted by Gasteiger charge is 2.22. The van der Waals surface area contributed by atoms with E-state index in [1.165, 1.54) is 38.7 Å². The quantitative estimate of drug-likeness (QED) is 0.497. The molecule has 0 unspecified atom stereocenters. The predicted molar refractivity (Wildman–Crippen MR) is 121 cm³/mol. The zero-order valence-electron chi connectivity index (χ0n) is 18.7. The first-order valence-corrected chi connectivity index (χ1v) is 9.98. The molecule has 33 heavy (non-hydrogen) atoms. The molecule has 3 aromatic rings. The van der Waals surface area contributed by atoms with Gasteiger partial charge in [0.15, 0.2) is 23.9 Å². The van der Waals surface area contributed by atoms with Crippen molar-refractivity contribution in [3.8, 4) is 11.5 Å². The normalized spacial score (nSPS) is 10.3. The van der Waals surface area contributed by atoms with Crippen molar-refractivity contribution >= 4 is 29.2 Å². The smallest absolute Gasteiger partial charge is 0.340 e. The van der Waals surface area contributed by atoms with Gasteiger partial charge in [-0.25, -0.2) is 4.79 Å². The lowest BCUT2D eigenvalue weighted by Gasteiger charge is -2.15. The fourth-order valence-corrected chi connectivity index (χ4v) is 3.02. The Labute approximate surface area is 190 Å². The van der Waals surface area contributed by atoms with Gasteiger partial charge < -0.3 is 29.3 Å². The van der Waals surface area contributed by atoms with Crippen LogP contribution < -0.4 is 20.1 Å². The first kappa shape index (κ1) is 23.4. The molecule has 3 rings (SSSR count). The third-order valence-corrected chi connectivity index (χ3v) is 4.95. The number of hydrogen-bond donors (Lipinski definition) is 2. The SMILES string of the molecule is COc1cc(NC(=O)c2ccco2)c(C(=O)OCC(=O)Nc2cccc(C)c2C)cc1OC. The number of esters is 1. The van der Waals surface area contributed by atoms with Crippen LogP contribution in [-0.2, 0) is 9.53 Å². The maximum atomic E-state index is 12.8. The first-order valence-electron chi connectivity index (χ1n) is 9.98. The Hall–Kier alpha value is -4.27. The van der Waals surface area contributed by atoms with Crippen molar-refractivity contribution in [3.63, 3.8) is 0 Å². The summed E-state index contributed by atoms with van der Waals surface area (Å²) < 4.78 is 20.8. The summed E-state index contributed by atoms with van der Waals surface area (Å²) in [6.07, 6.45) is 1.35. The Bertz CT molecular complexity index is 1170. The van der Waals surface area contributed by atoms with E-state index in [2.05, 4.69) is 10.6 Å². The Morgan fingerprint density at radius 2 is 1.64 bits per heavy atom. The van der Waals surface area contributed by atoms with Gasteiger partial charge in [0.2, 0.25) is 0 Å². The van der Waals surface area contributed by atoms with Gasteiger partial charge in [-0.3, -0.25) is 9.59 Å². The average Bonchev–Trinajstić information content (AvgIpc) is 3.35. The van der Waals surface area contributed by atoms with Crippen molar-refractivity contribution in [3.05, 3.63) is 71.2 Å². The number of anilines is 2. The van der Waals surface area contributed by atoms with Crippen molar-refractivity contribution in [2.75, 3.05) is 31.5 Å². The van der Waals surface area contributed by atoms with Crippen LogP contribution in [0.1, 0.15) is 32.0 Å². The highest BCUT2D eigenvalue weighted by Crippen LogP contribution is 2.34. The molecule has 9 heteroatoms. The number of rotatable bonds is 8. The molecular weight excluding hydrogens is 428 g/mol. The van der Waals surface area contributed by atoms with E-state index in [-0.39, 0.29) is 28.5 Å². The number of amides is 2. The number of aryl methyl sites for hydroxylation is 1. The van der Waals surface area contributed by atoms with E-state index in [1.807, 2.05) is 26.0 Å². The second kappa shape index (κ2) is 10.4. The molecule has 2 amide bonds. The minimum absolute atomic E-state index is 0.0212. The summed E-state index contributed by atoms with van der Waals surface area (Å²) in [5.74, 6) is -1.32. The van der Waals surface area contributed by atoms with Crippen molar-refractivity contribution in [2.45, 2.75) is 13.8 Å². The number of carbonyl (C=O) groups is 3. The van der Waals surface area contributed by atoms with E-state index in [1.54, 1.807) is 12.1 Å². The van der Waals surface area contributed by atoms with Gasteiger partial charge in [-0.05, 0) is 43.2 Å². The van der Waals surface area contributed by atoms with E-state index in [4.69, 9.17) is 18.6 Å². The van der Waals surface area contributed by atoms with Crippen molar-refractivity contribution in [1.29, 1.82) is 0 Å². The molecule has 0 spiro atoms. The molecule has 0 aliphatic rings. The number of nitrogens with one attached hydrogen (secondary N) is 2. The van der Waals surface area contributed by atoms with Gasteiger partial charge in [0.25, 0.3) is 11.8 Å². The lowest BCUT2D eigenvalue weighted by atomic mass is 10.1. The second-order valence-electron chi connectivity index (χ2n) is 7.06.